The molecule has 0 unspecified atom stereocenters. The third-order valence-corrected chi connectivity index (χ3v) is 1.21. The molecule has 1 heterocycles. The summed E-state index contributed by atoms with van der Waals surface area (Å²) in [6.45, 7) is 0. The fraction of sp³-hybridized carbons (Fsp3) is 0.143. The molecule has 1 rings (SSSR count). The summed E-state index contributed by atoms with van der Waals surface area (Å²) >= 11 is 0. The van der Waals surface area contributed by atoms with Crippen LogP contribution < -0.4 is 73.5 Å². The van der Waals surface area contributed by atoms with E-state index in [0.717, 1.165) is 0 Å². The summed E-state index contributed by atoms with van der Waals surface area (Å²) in [5.41, 5.74) is -0.596. The molecule has 12 heavy (non-hydrogen) atoms. The molecule has 0 radical (unpaired) electrons. The maximum atomic E-state index is 10.8. The van der Waals surface area contributed by atoms with Crippen molar-refractivity contribution in [2.24, 2.45) is 0 Å². The van der Waals surface area contributed by atoms with Gasteiger partial charge in [-0.2, -0.15) is 11.5 Å². The van der Waals surface area contributed by atoms with Gasteiger partial charge in [-0.1, -0.05) is 0 Å². The Morgan fingerprint density at radius 3 is 2.75 bits per heavy atom. The molecule has 0 aliphatic carbocycles. The van der Waals surface area contributed by atoms with Gasteiger partial charge >= 0.3 is 58.2 Å². The standard InChI is InChI=1S/C7H6N2O2.Rb/c1-11-6-2-3-9-7(10)5(6)4-8;/h2-3H,1H3,(H,9,10);/q;+1/p-1. The van der Waals surface area contributed by atoms with Gasteiger partial charge < -0.3 is 14.5 Å². The van der Waals surface area contributed by atoms with Crippen LogP contribution in [-0.4, -0.2) is 7.11 Å². The van der Waals surface area contributed by atoms with E-state index in [1.54, 1.807) is 6.07 Å². The van der Waals surface area contributed by atoms with E-state index in [-0.39, 0.29) is 69.5 Å². The van der Waals surface area contributed by atoms with Gasteiger partial charge in [-0.25, -0.2) is 0 Å². The average molecular weight is 235 g/mol. The van der Waals surface area contributed by atoms with Crippen LogP contribution in [0, 0.1) is 11.3 Å². The van der Waals surface area contributed by atoms with Crippen LogP contribution in [0.25, 0.3) is 0 Å². The Morgan fingerprint density at radius 2 is 2.33 bits per heavy atom. The summed E-state index contributed by atoms with van der Waals surface area (Å²) in [6.07, 6.45) is 1.31. The molecule has 0 spiro atoms. The number of nitrogens with zero attached hydrogens (tertiary/aromatic N) is 2. The Labute approximate surface area is 118 Å². The predicted octanol–water partition coefficient (Wildman–Crippen LogP) is -3.11. The zero-order chi connectivity index (χ0) is 8.27. The van der Waals surface area contributed by atoms with Crippen molar-refractivity contribution in [1.82, 2.24) is 4.98 Å². The van der Waals surface area contributed by atoms with Crippen LogP contribution in [0.2, 0.25) is 0 Å². The van der Waals surface area contributed by atoms with Crippen LogP contribution >= 0.6 is 0 Å². The van der Waals surface area contributed by atoms with Crippen molar-refractivity contribution < 1.29 is 62.9 Å². The van der Waals surface area contributed by atoms with E-state index >= 15 is 0 Å². The second-order valence-corrected chi connectivity index (χ2v) is 1.81. The Hall–Kier alpha value is 0.0452. The monoisotopic (exact) mass is 234 g/mol. The molecule has 0 fully saturated rings. The summed E-state index contributed by atoms with van der Waals surface area (Å²) in [4.78, 5) is 14.2. The summed E-state index contributed by atoms with van der Waals surface area (Å²) in [5.74, 6) is 0.271. The van der Waals surface area contributed by atoms with Crippen LogP contribution in [0.5, 0.6) is 5.75 Å². The van der Waals surface area contributed by atoms with Gasteiger partial charge in [0.1, 0.15) is 17.4 Å². The molecule has 0 N–H and O–H groups in total. The predicted molar refractivity (Wildman–Crippen MR) is 37.3 cm³/mol. The van der Waals surface area contributed by atoms with Crippen LogP contribution in [0.4, 0.5) is 0 Å². The first-order valence-electron chi connectivity index (χ1n) is 2.89. The second-order valence-electron chi connectivity index (χ2n) is 1.81. The molecule has 56 valence electrons. The molecule has 0 aromatic carbocycles. The van der Waals surface area contributed by atoms with Crippen molar-refractivity contribution in [2.45, 2.75) is 0 Å². The normalized spacial score (nSPS) is 8.00. The molecule has 1 aromatic heterocycles. The zero-order valence-corrected chi connectivity index (χ0v) is 11.8. The van der Waals surface area contributed by atoms with E-state index in [0.29, 0.717) is 0 Å². The SMILES string of the molecule is COc1cc[n-]c(=O)c1C#N.[Rb+]. The van der Waals surface area contributed by atoms with Crippen molar-refractivity contribution in [2.75, 3.05) is 7.11 Å². The first kappa shape index (κ1) is 12.0. The average Bonchev–Trinajstić information content (AvgIpc) is 2.04. The molecule has 1 aromatic rings. The van der Waals surface area contributed by atoms with Crippen molar-refractivity contribution in [3.8, 4) is 11.8 Å². The molecule has 0 amide bonds. The zero-order valence-electron chi connectivity index (χ0n) is 6.87. The number of pyridine rings is 1. The maximum Gasteiger partial charge on any atom is 1.00 e. The number of hydrogen-bond acceptors (Lipinski definition) is 3. The Morgan fingerprint density at radius 1 is 1.67 bits per heavy atom. The molecule has 5 heteroatoms. The smallest absolute Gasteiger partial charge is 0.628 e. The Kier molecular flexibility index (Phi) is 5.67. The molecule has 4 nitrogen and oxygen atoms in total. The van der Waals surface area contributed by atoms with Crippen LogP contribution in [0.15, 0.2) is 17.1 Å². The van der Waals surface area contributed by atoms with Crippen molar-refractivity contribution >= 4 is 0 Å². The van der Waals surface area contributed by atoms with Gasteiger partial charge in [-0.15, -0.1) is 0 Å². The molecule has 0 aliphatic rings. The molecular formula is C7H5N2O2Rb. The third-order valence-electron chi connectivity index (χ3n) is 1.21. The van der Waals surface area contributed by atoms with E-state index in [9.17, 15) is 4.79 Å². The minimum Gasteiger partial charge on any atom is -0.628 e. The fourth-order valence-electron chi connectivity index (χ4n) is 0.699. The third kappa shape index (κ3) is 2.52. The minimum absolute atomic E-state index is 0. The number of nitriles is 1. The molecule has 0 saturated heterocycles. The number of ether oxygens (including phenoxy) is 1. The Bertz CT molecular complexity index is 353. The molecule has 0 aliphatic heterocycles. The van der Waals surface area contributed by atoms with Crippen molar-refractivity contribution in [1.29, 1.82) is 5.26 Å². The molecule has 0 atom stereocenters. The number of methoxy groups -OCH3 is 1. The van der Waals surface area contributed by atoms with E-state index in [4.69, 9.17) is 10.00 Å². The van der Waals surface area contributed by atoms with Crippen LogP contribution in [0.3, 0.4) is 0 Å². The second kappa shape index (κ2) is 5.65. The summed E-state index contributed by atoms with van der Waals surface area (Å²) in [6, 6.07) is 3.19. The van der Waals surface area contributed by atoms with E-state index in [1.807, 2.05) is 0 Å². The largest absolute Gasteiger partial charge is 1.00 e. The first-order chi connectivity index (χ1) is 5.29. The summed E-state index contributed by atoms with van der Waals surface area (Å²) in [5, 5.41) is 8.46. The first-order valence-corrected chi connectivity index (χ1v) is 2.89. The van der Waals surface area contributed by atoms with Crippen LogP contribution in [-0.2, 0) is 0 Å². The van der Waals surface area contributed by atoms with Gasteiger partial charge in [0.2, 0.25) is 0 Å². The van der Waals surface area contributed by atoms with Gasteiger partial charge in [0, 0.05) is 0 Å². The van der Waals surface area contributed by atoms with Crippen molar-refractivity contribution in [3.05, 3.63) is 28.2 Å². The van der Waals surface area contributed by atoms with Gasteiger partial charge in [0.25, 0.3) is 0 Å². The van der Waals surface area contributed by atoms with Gasteiger partial charge in [-0.3, -0.25) is 0 Å². The number of hydrogen-bond donors (Lipinski definition) is 0. The van der Waals surface area contributed by atoms with Gasteiger partial charge in [0.05, 0.1) is 12.7 Å². The van der Waals surface area contributed by atoms with E-state index in [1.165, 1.54) is 19.4 Å². The fourth-order valence-corrected chi connectivity index (χ4v) is 0.699. The number of aromatic nitrogens is 1. The molecule has 0 saturated carbocycles. The van der Waals surface area contributed by atoms with Crippen molar-refractivity contribution in [3.63, 3.8) is 0 Å². The summed E-state index contributed by atoms with van der Waals surface area (Å²) in [7, 11) is 1.40. The van der Waals surface area contributed by atoms with E-state index < -0.39 is 5.56 Å². The van der Waals surface area contributed by atoms with Gasteiger partial charge in [-0.05, 0) is 6.07 Å². The minimum atomic E-state index is -0.549. The van der Waals surface area contributed by atoms with Crippen LogP contribution in [0.1, 0.15) is 5.56 Å². The summed E-state index contributed by atoms with van der Waals surface area (Å²) < 4.78 is 4.75. The molecular weight excluding hydrogens is 230 g/mol. The maximum absolute atomic E-state index is 10.8. The number of rotatable bonds is 1. The topological polar surface area (TPSA) is 64.2 Å². The van der Waals surface area contributed by atoms with Gasteiger partial charge in [0.15, 0.2) is 0 Å². The Balaban J connectivity index is 0.00000121. The molecule has 0 bridgehead atoms. The van der Waals surface area contributed by atoms with E-state index in [2.05, 4.69) is 4.98 Å². The quantitative estimate of drug-likeness (QED) is 0.516.